The Morgan fingerprint density at radius 1 is 0.943 bits per heavy atom. The van der Waals surface area contributed by atoms with Crippen LogP contribution in [-0.4, -0.2) is 53.3 Å². The van der Waals surface area contributed by atoms with Gasteiger partial charge in [0, 0.05) is 50.7 Å². The minimum atomic E-state index is -0.432. The molecule has 4 rings (SSSR count). The largest absolute Gasteiger partial charge is 0.378 e. The molecule has 0 aliphatic carbocycles. The maximum atomic E-state index is 10.9. The molecule has 11 nitrogen and oxygen atoms in total. The van der Waals surface area contributed by atoms with Crippen molar-refractivity contribution in [1.29, 1.82) is 0 Å². The van der Waals surface area contributed by atoms with Crippen molar-refractivity contribution in [1.82, 2.24) is 15.0 Å². The van der Waals surface area contributed by atoms with Gasteiger partial charge in [0.15, 0.2) is 0 Å². The van der Waals surface area contributed by atoms with Crippen molar-refractivity contribution in [3.05, 3.63) is 64.2 Å². The normalized spacial score (nSPS) is 13.9. The van der Waals surface area contributed by atoms with E-state index in [-0.39, 0.29) is 5.69 Å². The molecule has 1 aromatic heterocycles. The Morgan fingerprint density at radius 3 is 2.23 bits per heavy atom. The highest BCUT2D eigenvalue weighted by Gasteiger charge is 2.16. The van der Waals surface area contributed by atoms with Crippen molar-refractivity contribution >= 4 is 41.1 Å². The third kappa shape index (κ3) is 6.62. The second-order valence-corrected chi connectivity index (χ2v) is 8.47. The average Bonchev–Trinajstić information content (AvgIpc) is 3.14. The molecule has 1 aliphatic heterocycles. The van der Waals surface area contributed by atoms with Gasteiger partial charge < -0.3 is 15.1 Å². The number of hydrogen-bond donors (Lipinski definition) is 2. The van der Waals surface area contributed by atoms with E-state index in [0.29, 0.717) is 23.5 Å². The molecular formula is C24H29N9O2. The monoisotopic (exact) mass is 475 g/mol. The molecule has 0 radical (unpaired) electrons. The van der Waals surface area contributed by atoms with Crippen molar-refractivity contribution in [2.24, 2.45) is 5.10 Å². The van der Waals surface area contributed by atoms with Crippen LogP contribution in [-0.2, 0) is 0 Å². The van der Waals surface area contributed by atoms with Gasteiger partial charge in [-0.15, -0.1) is 0 Å². The molecule has 11 heteroatoms. The molecule has 2 N–H and O–H groups in total. The number of non-ortho nitro benzene ring substituents is 1. The van der Waals surface area contributed by atoms with Gasteiger partial charge in [0.05, 0.1) is 11.1 Å². The molecule has 0 atom stereocenters. The van der Waals surface area contributed by atoms with Gasteiger partial charge in [-0.25, -0.2) is 5.43 Å². The molecule has 0 unspecified atom stereocenters. The Labute approximate surface area is 204 Å². The molecule has 2 aromatic carbocycles. The number of nitrogens with zero attached hydrogens (tertiary/aromatic N) is 7. The van der Waals surface area contributed by atoms with Crippen molar-refractivity contribution in [2.75, 3.05) is 47.7 Å². The van der Waals surface area contributed by atoms with Crippen LogP contribution in [0.4, 0.5) is 34.9 Å². The maximum Gasteiger partial charge on any atom is 0.269 e. The van der Waals surface area contributed by atoms with Gasteiger partial charge in [-0.1, -0.05) is 25.0 Å². The summed E-state index contributed by atoms with van der Waals surface area (Å²) in [5.74, 6) is 1.21. The average molecular weight is 476 g/mol. The summed E-state index contributed by atoms with van der Waals surface area (Å²) in [5, 5.41) is 18.4. The van der Waals surface area contributed by atoms with Gasteiger partial charge in [-0.3, -0.25) is 10.1 Å². The number of aromatic nitrogens is 3. The number of hydrogen-bond acceptors (Lipinski definition) is 10. The molecular weight excluding hydrogens is 446 g/mol. The van der Waals surface area contributed by atoms with Crippen molar-refractivity contribution in [2.45, 2.75) is 25.7 Å². The van der Waals surface area contributed by atoms with Crippen LogP contribution >= 0.6 is 0 Å². The molecule has 3 aromatic rings. The van der Waals surface area contributed by atoms with Gasteiger partial charge >= 0.3 is 0 Å². The predicted molar refractivity (Wildman–Crippen MR) is 139 cm³/mol. The van der Waals surface area contributed by atoms with E-state index < -0.39 is 4.92 Å². The summed E-state index contributed by atoms with van der Waals surface area (Å²) >= 11 is 0. The lowest BCUT2D eigenvalue weighted by Gasteiger charge is -2.21. The highest BCUT2D eigenvalue weighted by molar-refractivity contribution is 5.80. The minimum absolute atomic E-state index is 0.0201. The lowest BCUT2D eigenvalue weighted by Crippen LogP contribution is -2.26. The molecule has 1 fully saturated rings. The first kappa shape index (κ1) is 23.9. The second-order valence-electron chi connectivity index (χ2n) is 8.47. The molecule has 2 heterocycles. The van der Waals surface area contributed by atoms with Crippen LogP contribution in [0.5, 0.6) is 0 Å². The third-order valence-corrected chi connectivity index (χ3v) is 5.63. The first-order valence-electron chi connectivity index (χ1n) is 11.6. The number of anilines is 5. The van der Waals surface area contributed by atoms with Crippen molar-refractivity contribution < 1.29 is 4.92 Å². The molecule has 1 saturated heterocycles. The van der Waals surface area contributed by atoms with E-state index in [1.165, 1.54) is 25.0 Å². The fraction of sp³-hybridized carbons (Fsp3) is 0.333. The number of rotatable bonds is 8. The van der Waals surface area contributed by atoms with Crippen LogP contribution in [0.15, 0.2) is 53.6 Å². The van der Waals surface area contributed by atoms with E-state index in [4.69, 9.17) is 0 Å². The number of hydrazone groups is 1. The number of nitro benzene ring substituents is 1. The number of nitrogens with one attached hydrogen (secondary N) is 2. The lowest BCUT2D eigenvalue weighted by molar-refractivity contribution is -0.384. The Hall–Kier alpha value is -4.28. The predicted octanol–water partition coefficient (Wildman–Crippen LogP) is 4.42. The Balaban J connectivity index is 1.54. The molecule has 1 aliphatic rings. The molecule has 0 amide bonds. The SMILES string of the molecule is CN(C)c1ccc(/C=N\Nc2nc(Nc3ccc([N+](=O)[O-])cc3)nc(N3CCCCCC3)n2)cc1. The van der Waals surface area contributed by atoms with Crippen LogP contribution in [0.2, 0.25) is 0 Å². The maximum absolute atomic E-state index is 10.9. The highest BCUT2D eigenvalue weighted by Crippen LogP contribution is 2.22. The van der Waals surface area contributed by atoms with Crippen molar-refractivity contribution in [3.63, 3.8) is 0 Å². The van der Waals surface area contributed by atoms with E-state index >= 15 is 0 Å². The fourth-order valence-electron chi connectivity index (χ4n) is 3.70. The number of benzene rings is 2. The van der Waals surface area contributed by atoms with E-state index in [9.17, 15) is 10.1 Å². The van der Waals surface area contributed by atoms with Gasteiger partial charge in [0.25, 0.3) is 5.69 Å². The summed E-state index contributed by atoms with van der Waals surface area (Å²) in [5.41, 5.74) is 5.62. The molecule has 35 heavy (non-hydrogen) atoms. The smallest absolute Gasteiger partial charge is 0.269 e. The Bertz CT molecular complexity index is 1160. The molecule has 0 saturated carbocycles. The summed E-state index contributed by atoms with van der Waals surface area (Å²) in [7, 11) is 3.99. The van der Waals surface area contributed by atoms with Gasteiger partial charge in [-0.2, -0.15) is 20.1 Å². The first-order chi connectivity index (χ1) is 17.0. The standard InChI is InChI=1S/C24H29N9O2/c1-31(2)20-11-7-18(8-12-20)17-25-30-23-27-22(26-19-9-13-21(14-10-19)33(34)35)28-24(29-23)32-15-5-3-4-6-16-32/h7-14,17H,3-6,15-16H2,1-2H3,(H2,26,27,28,29,30)/b25-17-. The fourth-order valence-corrected chi connectivity index (χ4v) is 3.70. The Morgan fingerprint density at radius 2 is 1.60 bits per heavy atom. The highest BCUT2D eigenvalue weighted by atomic mass is 16.6. The summed E-state index contributed by atoms with van der Waals surface area (Å²) in [4.78, 5) is 28.3. The zero-order valence-electron chi connectivity index (χ0n) is 19.9. The van der Waals surface area contributed by atoms with Crippen LogP contribution in [0.25, 0.3) is 0 Å². The van der Waals surface area contributed by atoms with Crippen molar-refractivity contribution in [3.8, 4) is 0 Å². The summed E-state index contributed by atoms with van der Waals surface area (Å²) < 4.78 is 0. The zero-order chi connectivity index (χ0) is 24.6. The van der Waals surface area contributed by atoms with Gasteiger partial charge in [0.1, 0.15) is 0 Å². The van der Waals surface area contributed by atoms with Crippen LogP contribution < -0.4 is 20.5 Å². The van der Waals surface area contributed by atoms with E-state index in [1.807, 2.05) is 43.3 Å². The summed E-state index contributed by atoms with van der Waals surface area (Å²) in [6, 6.07) is 14.1. The second kappa shape index (κ2) is 11.2. The van der Waals surface area contributed by atoms with Gasteiger partial charge in [-0.05, 0) is 42.7 Å². The first-order valence-corrected chi connectivity index (χ1v) is 11.6. The molecule has 0 bridgehead atoms. The third-order valence-electron chi connectivity index (χ3n) is 5.63. The minimum Gasteiger partial charge on any atom is -0.378 e. The van der Waals surface area contributed by atoms with Crippen LogP contribution in [0.1, 0.15) is 31.2 Å². The summed E-state index contributed by atoms with van der Waals surface area (Å²) in [6.07, 6.45) is 6.26. The van der Waals surface area contributed by atoms with E-state index in [1.54, 1.807) is 18.3 Å². The summed E-state index contributed by atoms with van der Waals surface area (Å²) in [6.45, 7) is 1.75. The molecule has 182 valence electrons. The Kier molecular flexibility index (Phi) is 7.66. The van der Waals surface area contributed by atoms with Gasteiger partial charge in [0.2, 0.25) is 17.8 Å². The number of nitro groups is 1. The molecule has 0 spiro atoms. The zero-order valence-corrected chi connectivity index (χ0v) is 19.9. The van der Waals surface area contributed by atoms with Crippen LogP contribution in [0, 0.1) is 10.1 Å². The van der Waals surface area contributed by atoms with Crippen LogP contribution in [0.3, 0.4) is 0 Å². The lowest BCUT2D eigenvalue weighted by atomic mass is 10.2. The van der Waals surface area contributed by atoms with E-state index in [2.05, 4.69) is 35.7 Å². The van der Waals surface area contributed by atoms with E-state index in [0.717, 1.165) is 37.2 Å². The quantitative estimate of drug-likeness (QED) is 0.277. The topological polar surface area (TPSA) is 125 Å².